The molecule has 0 aromatic heterocycles. The number of halogens is 1. The van der Waals surface area contributed by atoms with Gasteiger partial charge in [-0.15, -0.1) is 12.4 Å². The van der Waals surface area contributed by atoms with Crippen LogP contribution in [-0.2, 0) is 0 Å². The van der Waals surface area contributed by atoms with E-state index in [0.29, 0.717) is 17.3 Å². The lowest BCUT2D eigenvalue weighted by Crippen LogP contribution is -2.46. The molecule has 0 aliphatic carbocycles. The lowest BCUT2D eigenvalue weighted by atomic mass is 10.00. The molecule has 0 bridgehead atoms. The fourth-order valence-electron chi connectivity index (χ4n) is 3.14. The molecule has 7 nitrogen and oxygen atoms in total. The van der Waals surface area contributed by atoms with Gasteiger partial charge in [0.25, 0.3) is 11.6 Å². The van der Waals surface area contributed by atoms with Gasteiger partial charge in [-0.25, -0.2) is 0 Å². The van der Waals surface area contributed by atoms with Gasteiger partial charge in [-0.2, -0.15) is 0 Å². The molecule has 0 saturated carbocycles. The number of para-hydroxylation sites is 1. The number of carbonyl (C=O) groups is 1. The summed E-state index contributed by atoms with van der Waals surface area (Å²) in [5, 5.41) is 20.8. The number of carbonyl (C=O) groups excluding carboxylic acids is 1. The molecule has 2 atom stereocenters. The summed E-state index contributed by atoms with van der Waals surface area (Å²) in [6.45, 7) is 2.93. The molecule has 1 amide bonds. The molecule has 3 N–H and O–H groups in total. The van der Waals surface area contributed by atoms with Crippen LogP contribution in [0.5, 0.6) is 0 Å². The Morgan fingerprint density at radius 2 is 1.96 bits per heavy atom. The summed E-state index contributed by atoms with van der Waals surface area (Å²) in [6.07, 6.45) is 1.70. The number of rotatable bonds is 5. The van der Waals surface area contributed by atoms with Crippen LogP contribution in [0.2, 0.25) is 0 Å². The summed E-state index contributed by atoms with van der Waals surface area (Å²) in [4.78, 5) is 23.5. The summed E-state index contributed by atoms with van der Waals surface area (Å²) in [5.74, 6) is -0.279. The van der Waals surface area contributed by atoms with E-state index in [0.717, 1.165) is 25.1 Å². The monoisotopic (exact) mass is 390 g/mol. The number of nitro benzene ring substituents is 1. The number of nitrogens with one attached hydrogen (secondary N) is 3. The van der Waals surface area contributed by atoms with E-state index in [1.807, 2.05) is 30.3 Å². The minimum absolute atomic E-state index is 0. The summed E-state index contributed by atoms with van der Waals surface area (Å²) >= 11 is 0. The predicted octanol–water partition coefficient (Wildman–Crippen LogP) is 3.63. The molecule has 0 radical (unpaired) electrons. The summed E-state index contributed by atoms with van der Waals surface area (Å²) in [5.41, 5.74) is 1.27. The van der Waals surface area contributed by atoms with Crippen molar-refractivity contribution in [1.29, 1.82) is 0 Å². The standard InChI is InChI=1S/C19H22N4O3.ClH/c1-13-11-16(9-10-20-13)22-19(24)14-7-8-17(18(12-14)23(25)26)21-15-5-3-2-4-6-15;/h2-8,12-13,16,20-21H,9-11H2,1H3,(H,22,24);1H. The first-order valence-corrected chi connectivity index (χ1v) is 8.67. The lowest BCUT2D eigenvalue weighted by Gasteiger charge is -2.28. The molecule has 1 aliphatic rings. The van der Waals surface area contributed by atoms with Crippen LogP contribution in [-0.4, -0.2) is 29.5 Å². The molecule has 2 aromatic rings. The molecule has 8 heteroatoms. The number of piperidine rings is 1. The Hall–Kier alpha value is -2.64. The first kappa shape index (κ1) is 20.7. The van der Waals surface area contributed by atoms with E-state index in [1.165, 1.54) is 6.07 Å². The van der Waals surface area contributed by atoms with E-state index in [9.17, 15) is 14.9 Å². The topological polar surface area (TPSA) is 96.3 Å². The number of hydrogen-bond acceptors (Lipinski definition) is 5. The third-order valence-electron chi connectivity index (χ3n) is 4.47. The third-order valence-corrected chi connectivity index (χ3v) is 4.47. The maximum atomic E-state index is 12.5. The highest BCUT2D eigenvalue weighted by Gasteiger charge is 2.22. The number of hydrogen-bond donors (Lipinski definition) is 3. The highest BCUT2D eigenvalue weighted by molar-refractivity contribution is 5.96. The zero-order valence-electron chi connectivity index (χ0n) is 15.0. The Labute approximate surface area is 164 Å². The smallest absolute Gasteiger partial charge is 0.293 e. The molecule has 0 spiro atoms. The van der Waals surface area contributed by atoms with Gasteiger partial charge in [-0.3, -0.25) is 14.9 Å². The Morgan fingerprint density at radius 3 is 2.63 bits per heavy atom. The highest BCUT2D eigenvalue weighted by Crippen LogP contribution is 2.28. The van der Waals surface area contributed by atoms with Crippen molar-refractivity contribution in [2.24, 2.45) is 0 Å². The van der Waals surface area contributed by atoms with Crippen molar-refractivity contribution in [1.82, 2.24) is 10.6 Å². The van der Waals surface area contributed by atoms with Crippen molar-refractivity contribution in [3.8, 4) is 0 Å². The van der Waals surface area contributed by atoms with Crippen molar-refractivity contribution in [2.45, 2.75) is 31.8 Å². The van der Waals surface area contributed by atoms with Crippen molar-refractivity contribution in [3.63, 3.8) is 0 Å². The third kappa shape index (κ3) is 5.42. The molecular formula is C19H23ClN4O3. The number of amides is 1. The van der Waals surface area contributed by atoms with Gasteiger partial charge >= 0.3 is 0 Å². The SMILES string of the molecule is CC1CC(NC(=O)c2ccc(Nc3ccccc3)c([N+](=O)[O-])c2)CCN1.Cl. The van der Waals surface area contributed by atoms with Crippen LogP contribution in [0, 0.1) is 10.1 Å². The average molecular weight is 391 g/mol. The van der Waals surface area contributed by atoms with Gasteiger partial charge < -0.3 is 16.0 Å². The normalized spacial score (nSPS) is 18.9. The first-order valence-electron chi connectivity index (χ1n) is 8.67. The van der Waals surface area contributed by atoms with E-state index >= 15 is 0 Å². The molecule has 1 aliphatic heterocycles. The molecule has 1 saturated heterocycles. The maximum absolute atomic E-state index is 12.5. The van der Waals surface area contributed by atoms with Gasteiger partial charge in [-0.05, 0) is 50.6 Å². The first-order chi connectivity index (χ1) is 12.5. The van der Waals surface area contributed by atoms with Gasteiger partial charge in [0.05, 0.1) is 4.92 Å². The zero-order valence-corrected chi connectivity index (χ0v) is 15.8. The molecule has 2 unspecified atom stereocenters. The van der Waals surface area contributed by atoms with Gasteiger partial charge in [-0.1, -0.05) is 18.2 Å². The molecule has 1 fully saturated rings. The fraction of sp³-hybridized carbons (Fsp3) is 0.316. The maximum Gasteiger partial charge on any atom is 0.293 e. The van der Waals surface area contributed by atoms with Crippen molar-refractivity contribution >= 4 is 35.4 Å². The van der Waals surface area contributed by atoms with Crippen LogP contribution in [0.15, 0.2) is 48.5 Å². The second kappa shape index (κ2) is 9.34. The van der Waals surface area contributed by atoms with Gasteiger partial charge in [0, 0.05) is 29.4 Å². The van der Waals surface area contributed by atoms with Crippen LogP contribution in [0.1, 0.15) is 30.1 Å². The molecule has 1 heterocycles. The fourth-order valence-corrected chi connectivity index (χ4v) is 3.14. The second-order valence-corrected chi connectivity index (χ2v) is 6.53. The quantitative estimate of drug-likeness (QED) is 0.535. The predicted molar refractivity (Wildman–Crippen MR) is 108 cm³/mol. The Morgan fingerprint density at radius 1 is 1.22 bits per heavy atom. The van der Waals surface area contributed by atoms with Crippen molar-refractivity contribution in [2.75, 3.05) is 11.9 Å². The van der Waals surface area contributed by atoms with Crippen molar-refractivity contribution < 1.29 is 9.72 Å². The lowest BCUT2D eigenvalue weighted by molar-refractivity contribution is -0.383. The van der Waals surface area contributed by atoms with Crippen molar-refractivity contribution in [3.05, 3.63) is 64.2 Å². The minimum atomic E-state index is -0.478. The summed E-state index contributed by atoms with van der Waals surface area (Å²) < 4.78 is 0. The van der Waals surface area contributed by atoms with Crippen LogP contribution in [0.25, 0.3) is 0 Å². The Kier molecular flexibility index (Phi) is 7.15. The van der Waals surface area contributed by atoms with E-state index in [-0.39, 0.29) is 30.0 Å². The van der Waals surface area contributed by atoms with Crippen LogP contribution < -0.4 is 16.0 Å². The molecule has 27 heavy (non-hydrogen) atoms. The number of anilines is 2. The van der Waals surface area contributed by atoms with E-state index in [1.54, 1.807) is 12.1 Å². The van der Waals surface area contributed by atoms with Gasteiger partial charge in [0.15, 0.2) is 0 Å². The van der Waals surface area contributed by atoms with Crippen LogP contribution in [0.4, 0.5) is 17.1 Å². The molecular weight excluding hydrogens is 368 g/mol. The Balaban J connectivity index is 0.00000261. The number of nitrogens with zero attached hydrogens (tertiary/aromatic N) is 1. The molecule has 144 valence electrons. The summed E-state index contributed by atoms with van der Waals surface area (Å²) in [7, 11) is 0. The van der Waals surface area contributed by atoms with Gasteiger partial charge in [0.2, 0.25) is 0 Å². The minimum Gasteiger partial charge on any atom is -0.350 e. The number of benzene rings is 2. The van der Waals surface area contributed by atoms with E-state index < -0.39 is 4.92 Å². The zero-order chi connectivity index (χ0) is 18.5. The largest absolute Gasteiger partial charge is 0.350 e. The van der Waals surface area contributed by atoms with Crippen LogP contribution in [0.3, 0.4) is 0 Å². The summed E-state index contributed by atoms with van der Waals surface area (Å²) in [6, 6.07) is 14.1. The average Bonchev–Trinajstić information content (AvgIpc) is 2.62. The van der Waals surface area contributed by atoms with E-state index in [2.05, 4.69) is 22.9 Å². The molecule has 3 rings (SSSR count). The number of nitro groups is 1. The highest BCUT2D eigenvalue weighted by atomic mass is 35.5. The Bertz CT molecular complexity index is 801. The van der Waals surface area contributed by atoms with Crippen LogP contribution >= 0.6 is 12.4 Å². The van der Waals surface area contributed by atoms with Gasteiger partial charge in [0.1, 0.15) is 5.69 Å². The second-order valence-electron chi connectivity index (χ2n) is 6.53. The molecule has 2 aromatic carbocycles. The van der Waals surface area contributed by atoms with E-state index in [4.69, 9.17) is 0 Å².